The number of hydrogen-bond acceptors (Lipinski definition) is 5. The van der Waals surface area contributed by atoms with Crippen LogP contribution in [0.1, 0.15) is 21.8 Å². The zero-order valence-electron chi connectivity index (χ0n) is 10.1. The maximum Gasteiger partial charge on any atom is 0.335 e. The predicted octanol–water partition coefficient (Wildman–Crippen LogP) is 1.47. The van der Waals surface area contributed by atoms with Gasteiger partial charge in [-0.3, -0.25) is 0 Å². The minimum absolute atomic E-state index is 0.199. The summed E-state index contributed by atoms with van der Waals surface area (Å²) in [7, 11) is 0. The molecule has 19 heavy (non-hydrogen) atoms. The van der Waals surface area contributed by atoms with E-state index < -0.39 is 5.97 Å². The Morgan fingerprint density at radius 3 is 2.95 bits per heavy atom. The van der Waals surface area contributed by atoms with Gasteiger partial charge in [0.2, 0.25) is 0 Å². The van der Waals surface area contributed by atoms with Crippen LogP contribution in [0.4, 0.5) is 0 Å². The lowest BCUT2D eigenvalue weighted by Crippen LogP contribution is -2.02. The summed E-state index contributed by atoms with van der Waals surface area (Å²) in [6, 6.07) is 6.48. The van der Waals surface area contributed by atoms with Crippen molar-refractivity contribution in [1.29, 1.82) is 0 Å². The molecule has 0 aliphatic carbocycles. The van der Waals surface area contributed by atoms with Gasteiger partial charge in [0.25, 0.3) is 0 Å². The highest BCUT2D eigenvalue weighted by atomic mass is 16.5. The van der Waals surface area contributed by atoms with Crippen LogP contribution in [0.2, 0.25) is 0 Å². The molecule has 0 amide bonds. The van der Waals surface area contributed by atoms with Crippen molar-refractivity contribution < 1.29 is 14.4 Å². The number of carboxylic acid groups (broad SMARTS) is 1. The molecular weight excluding hydrogens is 248 g/mol. The standard InChI is InChI=1S/C12H10N4O3/c1-7-4-9(19-14-7)6-16-11-5-8(12(17)18)2-3-10(11)13-15-16/h2-5H,6H2,1H3,(H,17,18). The third-order valence-corrected chi connectivity index (χ3v) is 2.74. The Morgan fingerprint density at radius 1 is 1.42 bits per heavy atom. The number of aromatic nitrogens is 4. The van der Waals surface area contributed by atoms with Crippen molar-refractivity contribution in [1.82, 2.24) is 20.2 Å². The smallest absolute Gasteiger partial charge is 0.335 e. The lowest BCUT2D eigenvalue weighted by molar-refractivity contribution is 0.0697. The van der Waals surface area contributed by atoms with E-state index in [2.05, 4.69) is 15.5 Å². The average Bonchev–Trinajstić information content (AvgIpc) is 2.96. The van der Waals surface area contributed by atoms with Crippen LogP contribution in [-0.4, -0.2) is 31.2 Å². The van der Waals surface area contributed by atoms with Gasteiger partial charge in [0.15, 0.2) is 5.76 Å². The summed E-state index contributed by atoms with van der Waals surface area (Å²) in [5.74, 6) is -0.338. The lowest BCUT2D eigenvalue weighted by Gasteiger charge is -1.99. The van der Waals surface area contributed by atoms with Gasteiger partial charge in [-0.15, -0.1) is 5.10 Å². The lowest BCUT2D eigenvalue weighted by atomic mass is 10.2. The number of benzene rings is 1. The van der Waals surface area contributed by atoms with Gasteiger partial charge in [-0.25, -0.2) is 9.48 Å². The van der Waals surface area contributed by atoms with Gasteiger partial charge in [-0.2, -0.15) is 0 Å². The van der Waals surface area contributed by atoms with E-state index in [1.807, 2.05) is 6.92 Å². The van der Waals surface area contributed by atoms with Crippen LogP contribution in [-0.2, 0) is 6.54 Å². The number of aryl methyl sites for hydroxylation is 1. The molecule has 0 radical (unpaired) electrons. The van der Waals surface area contributed by atoms with Crippen molar-refractivity contribution >= 4 is 17.0 Å². The first kappa shape index (κ1) is 11.4. The second-order valence-electron chi connectivity index (χ2n) is 4.19. The highest BCUT2D eigenvalue weighted by Gasteiger charge is 2.11. The van der Waals surface area contributed by atoms with Crippen molar-refractivity contribution in [3.8, 4) is 0 Å². The number of carboxylic acids is 1. The Balaban J connectivity index is 2.03. The second-order valence-corrected chi connectivity index (χ2v) is 4.19. The van der Waals surface area contributed by atoms with Crippen molar-refractivity contribution in [3.05, 3.63) is 41.3 Å². The molecule has 3 aromatic rings. The Kier molecular flexibility index (Phi) is 2.52. The SMILES string of the molecule is Cc1cc(Cn2nnc3ccc(C(=O)O)cc32)on1. The first-order valence-electron chi connectivity index (χ1n) is 5.62. The molecule has 0 fully saturated rings. The van der Waals surface area contributed by atoms with Crippen molar-refractivity contribution in [2.75, 3.05) is 0 Å². The van der Waals surface area contributed by atoms with Gasteiger partial charge in [0.05, 0.1) is 16.8 Å². The molecule has 7 heteroatoms. The molecule has 2 aromatic heterocycles. The van der Waals surface area contributed by atoms with E-state index in [0.717, 1.165) is 5.69 Å². The Hall–Kier alpha value is -2.70. The molecule has 1 aromatic carbocycles. The van der Waals surface area contributed by atoms with Gasteiger partial charge in [0.1, 0.15) is 12.1 Å². The molecule has 0 saturated carbocycles. The van der Waals surface area contributed by atoms with Crippen LogP contribution in [0.5, 0.6) is 0 Å². The second kappa shape index (κ2) is 4.20. The van der Waals surface area contributed by atoms with E-state index >= 15 is 0 Å². The van der Waals surface area contributed by atoms with E-state index in [4.69, 9.17) is 9.63 Å². The minimum Gasteiger partial charge on any atom is -0.478 e. The summed E-state index contributed by atoms with van der Waals surface area (Å²) < 4.78 is 6.69. The Bertz CT molecular complexity index is 759. The fourth-order valence-corrected chi connectivity index (χ4v) is 1.85. The summed E-state index contributed by atoms with van der Waals surface area (Å²) in [4.78, 5) is 11.0. The number of carbonyl (C=O) groups is 1. The third kappa shape index (κ3) is 2.05. The fraction of sp³-hybridized carbons (Fsp3) is 0.167. The van der Waals surface area contributed by atoms with Crippen LogP contribution < -0.4 is 0 Å². The molecule has 96 valence electrons. The zero-order valence-corrected chi connectivity index (χ0v) is 10.1. The van der Waals surface area contributed by atoms with E-state index in [1.165, 1.54) is 6.07 Å². The maximum absolute atomic E-state index is 11.0. The monoisotopic (exact) mass is 258 g/mol. The number of rotatable bonds is 3. The van der Waals surface area contributed by atoms with Crippen LogP contribution in [0.25, 0.3) is 11.0 Å². The van der Waals surface area contributed by atoms with Crippen LogP contribution in [0, 0.1) is 6.92 Å². The fourth-order valence-electron chi connectivity index (χ4n) is 1.85. The number of hydrogen-bond donors (Lipinski definition) is 1. The molecule has 0 aliphatic heterocycles. The molecule has 1 N–H and O–H groups in total. The summed E-state index contributed by atoms with van der Waals surface area (Å²) in [5.41, 5.74) is 2.27. The van der Waals surface area contributed by atoms with E-state index in [0.29, 0.717) is 23.3 Å². The number of nitrogens with zero attached hydrogens (tertiary/aromatic N) is 4. The van der Waals surface area contributed by atoms with E-state index in [-0.39, 0.29) is 5.56 Å². The van der Waals surface area contributed by atoms with E-state index in [9.17, 15) is 4.79 Å². The summed E-state index contributed by atoms with van der Waals surface area (Å²) >= 11 is 0. The molecule has 0 aliphatic rings. The quantitative estimate of drug-likeness (QED) is 0.764. The van der Waals surface area contributed by atoms with Gasteiger partial charge < -0.3 is 9.63 Å². The summed E-state index contributed by atoms with van der Waals surface area (Å²) in [6.45, 7) is 2.19. The highest BCUT2D eigenvalue weighted by molar-refractivity contribution is 5.92. The van der Waals surface area contributed by atoms with Crippen molar-refractivity contribution in [3.63, 3.8) is 0 Å². The maximum atomic E-state index is 11.0. The molecule has 0 bridgehead atoms. The predicted molar refractivity (Wildman–Crippen MR) is 64.8 cm³/mol. The minimum atomic E-state index is -0.981. The van der Waals surface area contributed by atoms with Crippen LogP contribution in [0.3, 0.4) is 0 Å². The molecule has 0 saturated heterocycles. The summed E-state index contributed by atoms with van der Waals surface area (Å²) in [5, 5.41) is 20.7. The Morgan fingerprint density at radius 2 is 2.26 bits per heavy atom. The largest absolute Gasteiger partial charge is 0.478 e. The normalized spacial score (nSPS) is 11.0. The van der Waals surface area contributed by atoms with Crippen molar-refractivity contribution in [2.45, 2.75) is 13.5 Å². The van der Waals surface area contributed by atoms with Crippen LogP contribution >= 0.6 is 0 Å². The number of aromatic carboxylic acids is 1. The highest BCUT2D eigenvalue weighted by Crippen LogP contribution is 2.15. The molecule has 0 spiro atoms. The molecule has 7 nitrogen and oxygen atoms in total. The van der Waals surface area contributed by atoms with Crippen molar-refractivity contribution in [2.24, 2.45) is 0 Å². The van der Waals surface area contributed by atoms with Gasteiger partial charge in [-0.1, -0.05) is 10.4 Å². The summed E-state index contributed by atoms with van der Waals surface area (Å²) in [6.07, 6.45) is 0. The van der Waals surface area contributed by atoms with Crippen LogP contribution in [0.15, 0.2) is 28.8 Å². The van der Waals surface area contributed by atoms with Gasteiger partial charge in [0, 0.05) is 6.07 Å². The molecule has 3 rings (SSSR count). The topological polar surface area (TPSA) is 94.0 Å². The van der Waals surface area contributed by atoms with Gasteiger partial charge in [-0.05, 0) is 25.1 Å². The third-order valence-electron chi connectivity index (χ3n) is 2.74. The average molecular weight is 258 g/mol. The molecule has 0 unspecified atom stereocenters. The van der Waals surface area contributed by atoms with Gasteiger partial charge >= 0.3 is 5.97 Å². The number of fused-ring (bicyclic) bond motifs is 1. The first-order chi connectivity index (χ1) is 9.13. The molecule has 2 heterocycles. The molecular formula is C12H10N4O3. The van der Waals surface area contributed by atoms with E-state index in [1.54, 1.807) is 22.9 Å². The molecule has 0 atom stereocenters. The zero-order chi connectivity index (χ0) is 13.4. The first-order valence-corrected chi connectivity index (χ1v) is 5.62. The Labute approximate surface area is 107 Å².